The van der Waals surface area contributed by atoms with Crippen molar-refractivity contribution in [2.75, 3.05) is 14.2 Å². The van der Waals surface area contributed by atoms with E-state index >= 15 is 0 Å². The first-order valence-electron chi connectivity index (χ1n) is 6.26. The van der Waals surface area contributed by atoms with Gasteiger partial charge in [0.2, 0.25) is 4.96 Å². The lowest BCUT2D eigenvalue weighted by molar-refractivity contribution is 0.405. The van der Waals surface area contributed by atoms with Crippen molar-refractivity contribution in [3.05, 3.63) is 30.5 Å². The fourth-order valence-electron chi connectivity index (χ4n) is 2.27. The van der Waals surface area contributed by atoms with Gasteiger partial charge in [0.15, 0.2) is 11.5 Å². The van der Waals surface area contributed by atoms with Crippen LogP contribution in [0.4, 0.5) is 0 Å². The van der Waals surface area contributed by atoms with E-state index < -0.39 is 0 Å². The van der Waals surface area contributed by atoms with Crippen molar-refractivity contribution < 1.29 is 13.9 Å². The molecule has 7 heteroatoms. The first kappa shape index (κ1) is 12.2. The molecule has 0 amide bonds. The maximum absolute atomic E-state index is 5.88. The van der Waals surface area contributed by atoms with Crippen LogP contribution >= 0.6 is 11.3 Å². The molecule has 1 aromatic carbocycles. The smallest absolute Gasteiger partial charge is 0.294 e. The first-order valence-corrected chi connectivity index (χ1v) is 7.08. The Bertz CT molecular complexity index is 906. The monoisotopic (exact) mass is 301 g/mol. The summed E-state index contributed by atoms with van der Waals surface area (Å²) in [6.45, 7) is 0. The number of fused-ring (bicyclic) bond motifs is 2. The summed E-state index contributed by atoms with van der Waals surface area (Å²) in [4.78, 5) is 5.26. The molecule has 4 rings (SSSR count). The molecule has 0 aliphatic carbocycles. The fraction of sp³-hybridized carbons (Fsp3) is 0.143. The highest BCUT2D eigenvalue weighted by Crippen LogP contribution is 2.39. The molecule has 3 heterocycles. The number of furan rings is 1. The van der Waals surface area contributed by atoms with Crippen LogP contribution in [0.3, 0.4) is 0 Å². The molecule has 21 heavy (non-hydrogen) atoms. The van der Waals surface area contributed by atoms with Crippen LogP contribution in [-0.2, 0) is 0 Å². The number of ether oxygens (including phenoxy) is 2. The zero-order chi connectivity index (χ0) is 14.4. The highest BCUT2D eigenvalue weighted by Gasteiger charge is 2.20. The van der Waals surface area contributed by atoms with Gasteiger partial charge in [0, 0.05) is 0 Å². The lowest BCUT2D eigenvalue weighted by Gasteiger charge is -1.97. The number of imidazole rings is 1. The van der Waals surface area contributed by atoms with Gasteiger partial charge in [-0.3, -0.25) is 0 Å². The second-order valence-electron chi connectivity index (χ2n) is 4.39. The minimum Gasteiger partial charge on any atom is -0.492 e. The summed E-state index contributed by atoms with van der Waals surface area (Å²) >= 11 is 1.37. The molecule has 0 saturated carbocycles. The molecule has 6 nitrogen and oxygen atoms in total. The van der Waals surface area contributed by atoms with Crippen LogP contribution < -0.4 is 9.47 Å². The van der Waals surface area contributed by atoms with Gasteiger partial charge in [-0.25, -0.2) is 9.50 Å². The molecule has 0 fully saturated rings. The predicted octanol–water partition coefficient (Wildman–Crippen LogP) is 3.22. The molecule has 0 unspecified atom stereocenters. The van der Waals surface area contributed by atoms with E-state index in [1.807, 2.05) is 24.3 Å². The molecule has 106 valence electrons. The third-order valence-corrected chi connectivity index (χ3v) is 4.07. The van der Waals surface area contributed by atoms with Crippen LogP contribution in [0.1, 0.15) is 0 Å². The van der Waals surface area contributed by atoms with E-state index in [2.05, 4.69) is 10.1 Å². The molecular weight excluding hydrogens is 290 g/mol. The van der Waals surface area contributed by atoms with Crippen molar-refractivity contribution in [1.29, 1.82) is 0 Å². The summed E-state index contributed by atoms with van der Waals surface area (Å²) in [5, 5.41) is 5.75. The van der Waals surface area contributed by atoms with Gasteiger partial charge in [-0.1, -0.05) is 12.1 Å². The van der Waals surface area contributed by atoms with Crippen molar-refractivity contribution in [2.45, 2.75) is 0 Å². The lowest BCUT2D eigenvalue weighted by atomic mass is 10.2. The van der Waals surface area contributed by atoms with Gasteiger partial charge in [0.05, 0.1) is 25.8 Å². The molecule has 0 bridgehead atoms. The molecule has 0 spiro atoms. The molecule has 0 saturated heterocycles. The fourth-order valence-corrected chi connectivity index (χ4v) is 2.97. The van der Waals surface area contributed by atoms with Gasteiger partial charge in [-0.2, -0.15) is 0 Å². The Balaban J connectivity index is 1.92. The number of hydrogen-bond acceptors (Lipinski definition) is 6. The lowest BCUT2D eigenvalue weighted by Crippen LogP contribution is -1.85. The van der Waals surface area contributed by atoms with Gasteiger partial charge in [-0.05, 0) is 23.5 Å². The third-order valence-electron chi connectivity index (χ3n) is 3.19. The third kappa shape index (κ3) is 1.78. The number of para-hydroxylation sites is 1. The zero-order valence-electron chi connectivity index (χ0n) is 11.4. The molecule has 3 aromatic heterocycles. The second-order valence-corrected chi connectivity index (χ2v) is 5.30. The van der Waals surface area contributed by atoms with Gasteiger partial charge >= 0.3 is 0 Å². The van der Waals surface area contributed by atoms with E-state index in [9.17, 15) is 0 Å². The Morgan fingerprint density at radius 1 is 1.19 bits per heavy atom. The summed E-state index contributed by atoms with van der Waals surface area (Å²) in [6, 6.07) is 7.73. The minimum absolute atomic E-state index is 0.570. The molecule has 0 N–H and O–H groups in total. The topological polar surface area (TPSA) is 61.8 Å². The quantitative estimate of drug-likeness (QED) is 0.581. The molecule has 0 radical (unpaired) electrons. The normalized spacial score (nSPS) is 11.3. The minimum atomic E-state index is 0.570. The Kier molecular flexibility index (Phi) is 2.61. The van der Waals surface area contributed by atoms with Crippen LogP contribution in [0.5, 0.6) is 10.9 Å². The van der Waals surface area contributed by atoms with E-state index in [1.165, 1.54) is 11.3 Å². The highest BCUT2D eigenvalue weighted by atomic mass is 32.1. The van der Waals surface area contributed by atoms with E-state index in [1.54, 1.807) is 24.9 Å². The summed E-state index contributed by atoms with van der Waals surface area (Å²) in [5.41, 5.74) is 1.45. The average molecular weight is 301 g/mol. The van der Waals surface area contributed by atoms with E-state index in [0.29, 0.717) is 22.4 Å². The maximum Gasteiger partial charge on any atom is 0.294 e. The summed E-state index contributed by atoms with van der Waals surface area (Å²) < 4.78 is 18.1. The summed E-state index contributed by atoms with van der Waals surface area (Å²) in [5.74, 6) is 1.29. The molecule has 0 aliphatic rings. The van der Waals surface area contributed by atoms with Crippen molar-refractivity contribution in [2.24, 2.45) is 0 Å². The first-order chi connectivity index (χ1) is 10.3. The number of hydrogen-bond donors (Lipinski definition) is 0. The molecular formula is C14H11N3O3S. The average Bonchev–Trinajstić information content (AvgIpc) is 3.16. The Hall–Kier alpha value is -2.54. The summed E-state index contributed by atoms with van der Waals surface area (Å²) in [6.07, 6.45) is 1.80. The van der Waals surface area contributed by atoms with Crippen LogP contribution in [0.15, 0.2) is 34.9 Å². The van der Waals surface area contributed by atoms with Crippen molar-refractivity contribution in [1.82, 2.24) is 14.6 Å². The van der Waals surface area contributed by atoms with Crippen molar-refractivity contribution >= 4 is 27.3 Å². The number of methoxy groups -OCH3 is 2. The van der Waals surface area contributed by atoms with Gasteiger partial charge in [0.25, 0.3) is 5.19 Å². The van der Waals surface area contributed by atoms with E-state index in [-0.39, 0.29) is 0 Å². The number of aromatic nitrogens is 3. The standard InChI is InChI=1S/C14H11N3O3S/c1-18-11-8-5-3-4-6-10(8)20-12(11)9-7-17-13(15-9)21-14(16-17)19-2/h3-7H,1-2H3. The van der Waals surface area contributed by atoms with Gasteiger partial charge in [-0.15, -0.1) is 5.10 Å². The van der Waals surface area contributed by atoms with Gasteiger partial charge < -0.3 is 13.9 Å². The van der Waals surface area contributed by atoms with E-state index in [0.717, 1.165) is 15.9 Å². The predicted molar refractivity (Wildman–Crippen MR) is 79.2 cm³/mol. The number of nitrogens with zero attached hydrogens (tertiary/aromatic N) is 3. The maximum atomic E-state index is 5.88. The second kappa shape index (κ2) is 4.49. The highest BCUT2D eigenvalue weighted by molar-refractivity contribution is 7.18. The van der Waals surface area contributed by atoms with E-state index in [4.69, 9.17) is 13.9 Å². The summed E-state index contributed by atoms with van der Waals surface area (Å²) in [7, 11) is 3.21. The van der Waals surface area contributed by atoms with Crippen LogP contribution in [0, 0.1) is 0 Å². The van der Waals surface area contributed by atoms with Crippen molar-refractivity contribution in [3.8, 4) is 22.4 Å². The molecule has 4 aromatic rings. The van der Waals surface area contributed by atoms with Crippen molar-refractivity contribution in [3.63, 3.8) is 0 Å². The zero-order valence-corrected chi connectivity index (χ0v) is 12.2. The largest absolute Gasteiger partial charge is 0.492 e. The Morgan fingerprint density at radius 3 is 2.81 bits per heavy atom. The molecule has 0 aliphatic heterocycles. The van der Waals surface area contributed by atoms with Crippen LogP contribution in [-0.4, -0.2) is 28.8 Å². The van der Waals surface area contributed by atoms with Gasteiger partial charge in [0.1, 0.15) is 11.3 Å². The van der Waals surface area contributed by atoms with Crippen LogP contribution in [0.2, 0.25) is 0 Å². The number of rotatable bonds is 3. The Labute approximate surface area is 123 Å². The Morgan fingerprint density at radius 2 is 2.05 bits per heavy atom. The number of benzene rings is 1. The molecule has 0 atom stereocenters. The SMILES string of the molecule is COc1nn2cc(-c3oc4ccccc4c3OC)nc2s1. The van der Waals surface area contributed by atoms with Crippen LogP contribution in [0.25, 0.3) is 27.4 Å².